The van der Waals surface area contributed by atoms with Crippen molar-refractivity contribution in [3.05, 3.63) is 0 Å². The van der Waals surface area contributed by atoms with Gasteiger partial charge in [0.15, 0.2) is 5.96 Å². The first-order chi connectivity index (χ1) is 12.5. The Morgan fingerprint density at radius 3 is 2.42 bits per heavy atom. The third-order valence-corrected chi connectivity index (χ3v) is 6.52. The minimum absolute atomic E-state index is 0.109. The number of carbonyl (C=O) groups is 1. The van der Waals surface area contributed by atoms with Crippen LogP contribution in [0.3, 0.4) is 0 Å². The van der Waals surface area contributed by atoms with Crippen LogP contribution in [-0.2, 0) is 9.53 Å². The minimum atomic E-state index is 0.109. The molecule has 0 aromatic carbocycles. The summed E-state index contributed by atoms with van der Waals surface area (Å²) in [5, 5.41) is 6.54. The zero-order chi connectivity index (χ0) is 19.0. The van der Waals surface area contributed by atoms with Crippen molar-refractivity contribution in [3.63, 3.8) is 0 Å². The van der Waals surface area contributed by atoms with Crippen molar-refractivity contribution in [1.29, 1.82) is 0 Å². The normalized spacial score (nSPS) is 21.7. The summed E-state index contributed by atoms with van der Waals surface area (Å²) in [5.41, 5.74) is 0. The zero-order valence-corrected chi connectivity index (χ0v) is 17.5. The number of piperazine rings is 1. The standard InChI is InChI=1S/C18H35N5O2S/c1-15(2)21-16(24)13-22-7-9-23(10-8-22)17(19-3)20-14-18(26-4)5-11-25-12-6-18/h15H,5-14H2,1-4H3,(H,19,20)(H,21,24). The first-order valence-electron chi connectivity index (χ1n) is 9.58. The molecule has 0 unspecified atom stereocenters. The van der Waals surface area contributed by atoms with Gasteiger partial charge in [-0.15, -0.1) is 0 Å². The summed E-state index contributed by atoms with van der Waals surface area (Å²) in [5.74, 6) is 1.08. The monoisotopic (exact) mass is 385 g/mol. The van der Waals surface area contributed by atoms with E-state index in [4.69, 9.17) is 4.74 Å². The summed E-state index contributed by atoms with van der Waals surface area (Å²) in [6, 6.07) is 0.195. The number of nitrogens with zero attached hydrogens (tertiary/aromatic N) is 3. The third-order valence-electron chi connectivity index (χ3n) is 5.11. The maximum Gasteiger partial charge on any atom is 0.234 e. The molecular formula is C18H35N5O2S. The molecule has 1 amide bonds. The molecule has 2 aliphatic rings. The maximum absolute atomic E-state index is 11.9. The first-order valence-corrected chi connectivity index (χ1v) is 10.8. The second-order valence-electron chi connectivity index (χ2n) is 7.39. The first kappa shape index (κ1) is 21.3. The molecule has 8 heteroatoms. The molecule has 0 aliphatic carbocycles. The number of rotatable bonds is 6. The SMILES string of the molecule is CN=C(NCC1(SC)CCOCC1)N1CCN(CC(=O)NC(C)C)CC1. The van der Waals surface area contributed by atoms with E-state index in [9.17, 15) is 4.79 Å². The van der Waals surface area contributed by atoms with Gasteiger partial charge < -0.3 is 20.3 Å². The lowest BCUT2D eigenvalue weighted by Crippen LogP contribution is -2.56. The van der Waals surface area contributed by atoms with E-state index < -0.39 is 0 Å². The van der Waals surface area contributed by atoms with Gasteiger partial charge in [-0.3, -0.25) is 14.7 Å². The highest BCUT2D eigenvalue weighted by Gasteiger charge is 2.32. The molecule has 2 aliphatic heterocycles. The summed E-state index contributed by atoms with van der Waals surface area (Å²) < 4.78 is 5.76. The van der Waals surface area contributed by atoms with E-state index >= 15 is 0 Å². The Hall–Kier alpha value is -0.990. The lowest BCUT2D eigenvalue weighted by atomic mass is 9.99. The number of carbonyl (C=O) groups excluding carboxylic acids is 1. The molecule has 0 aromatic rings. The Balaban J connectivity index is 1.78. The Kier molecular flexibility index (Phi) is 8.50. The van der Waals surface area contributed by atoms with Crippen LogP contribution in [0.15, 0.2) is 4.99 Å². The van der Waals surface area contributed by atoms with E-state index in [2.05, 4.69) is 31.7 Å². The van der Waals surface area contributed by atoms with Crippen LogP contribution in [0.5, 0.6) is 0 Å². The molecule has 0 atom stereocenters. The number of ether oxygens (including phenoxy) is 1. The van der Waals surface area contributed by atoms with Crippen LogP contribution >= 0.6 is 11.8 Å². The molecular weight excluding hydrogens is 350 g/mol. The Labute approximate surface area is 162 Å². The Morgan fingerprint density at radius 2 is 1.88 bits per heavy atom. The number of aliphatic imine (C=N–C) groups is 1. The second kappa shape index (κ2) is 10.4. The van der Waals surface area contributed by atoms with Crippen LogP contribution in [0.4, 0.5) is 0 Å². The molecule has 2 fully saturated rings. The summed E-state index contributed by atoms with van der Waals surface area (Å²) in [7, 11) is 1.85. The molecule has 2 N–H and O–H groups in total. The van der Waals surface area contributed by atoms with Crippen LogP contribution in [0.1, 0.15) is 26.7 Å². The number of hydrogen-bond acceptors (Lipinski definition) is 5. The van der Waals surface area contributed by atoms with E-state index in [1.807, 2.05) is 32.7 Å². The highest BCUT2D eigenvalue weighted by atomic mass is 32.2. The number of amides is 1. The predicted octanol–water partition coefficient (Wildman–Crippen LogP) is 0.616. The fraction of sp³-hybridized carbons (Fsp3) is 0.889. The van der Waals surface area contributed by atoms with Crippen molar-refractivity contribution in [2.75, 3.05) is 65.8 Å². The summed E-state index contributed by atoms with van der Waals surface area (Å²) in [4.78, 5) is 20.9. The molecule has 2 rings (SSSR count). The molecule has 2 heterocycles. The molecule has 0 bridgehead atoms. The van der Waals surface area contributed by atoms with Crippen molar-refractivity contribution < 1.29 is 9.53 Å². The molecule has 0 saturated carbocycles. The van der Waals surface area contributed by atoms with Crippen LogP contribution in [0.25, 0.3) is 0 Å². The fourth-order valence-corrected chi connectivity index (χ4v) is 4.25. The molecule has 0 spiro atoms. The summed E-state index contributed by atoms with van der Waals surface area (Å²) in [6.45, 7) is 10.6. The van der Waals surface area contributed by atoms with Gasteiger partial charge in [-0.25, -0.2) is 0 Å². The topological polar surface area (TPSA) is 69.2 Å². The predicted molar refractivity (Wildman–Crippen MR) is 109 cm³/mol. The average Bonchev–Trinajstić information content (AvgIpc) is 2.63. The van der Waals surface area contributed by atoms with Crippen LogP contribution in [-0.4, -0.2) is 98.2 Å². The van der Waals surface area contributed by atoms with Gasteiger partial charge in [0.2, 0.25) is 5.91 Å². The zero-order valence-electron chi connectivity index (χ0n) is 16.7. The molecule has 150 valence electrons. The number of nitrogens with one attached hydrogen (secondary N) is 2. The quantitative estimate of drug-likeness (QED) is 0.516. The van der Waals surface area contributed by atoms with Crippen LogP contribution < -0.4 is 10.6 Å². The smallest absolute Gasteiger partial charge is 0.234 e. The Morgan fingerprint density at radius 1 is 1.23 bits per heavy atom. The number of guanidine groups is 1. The van der Waals surface area contributed by atoms with Crippen molar-refractivity contribution >= 4 is 23.6 Å². The third kappa shape index (κ3) is 6.32. The summed E-state index contributed by atoms with van der Waals surface area (Å²) >= 11 is 1.94. The highest BCUT2D eigenvalue weighted by Crippen LogP contribution is 2.33. The minimum Gasteiger partial charge on any atom is -0.381 e. The average molecular weight is 386 g/mol. The highest BCUT2D eigenvalue weighted by molar-refractivity contribution is 8.00. The van der Waals surface area contributed by atoms with Crippen LogP contribution in [0, 0.1) is 0 Å². The molecule has 0 radical (unpaired) electrons. The van der Waals surface area contributed by atoms with E-state index in [-0.39, 0.29) is 16.7 Å². The van der Waals surface area contributed by atoms with Crippen molar-refractivity contribution in [2.45, 2.75) is 37.5 Å². The second-order valence-corrected chi connectivity index (χ2v) is 8.66. The van der Waals surface area contributed by atoms with Gasteiger partial charge in [0, 0.05) is 63.8 Å². The molecule has 26 heavy (non-hydrogen) atoms. The van der Waals surface area contributed by atoms with Gasteiger partial charge in [-0.1, -0.05) is 0 Å². The summed E-state index contributed by atoms with van der Waals surface area (Å²) in [6.07, 6.45) is 4.35. The van der Waals surface area contributed by atoms with Gasteiger partial charge >= 0.3 is 0 Å². The van der Waals surface area contributed by atoms with Crippen LogP contribution in [0.2, 0.25) is 0 Å². The molecule has 7 nitrogen and oxygen atoms in total. The molecule has 0 aromatic heterocycles. The van der Waals surface area contributed by atoms with Crippen molar-refractivity contribution in [3.8, 4) is 0 Å². The van der Waals surface area contributed by atoms with E-state index in [0.717, 1.165) is 64.7 Å². The van der Waals surface area contributed by atoms with Crippen molar-refractivity contribution in [1.82, 2.24) is 20.4 Å². The fourth-order valence-electron chi connectivity index (χ4n) is 3.46. The molecule has 2 saturated heterocycles. The van der Waals surface area contributed by atoms with Gasteiger partial charge in [-0.2, -0.15) is 11.8 Å². The van der Waals surface area contributed by atoms with E-state index in [1.165, 1.54) is 0 Å². The lowest BCUT2D eigenvalue weighted by Gasteiger charge is -2.39. The van der Waals surface area contributed by atoms with Gasteiger partial charge in [0.25, 0.3) is 0 Å². The van der Waals surface area contributed by atoms with Gasteiger partial charge in [0.05, 0.1) is 6.54 Å². The number of hydrogen-bond donors (Lipinski definition) is 2. The van der Waals surface area contributed by atoms with Gasteiger partial charge in [0.1, 0.15) is 0 Å². The van der Waals surface area contributed by atoms with Crippen molar-refractivity contribution in [2.24, 2.45) is 4.99 Å². The largest absolute Gasteiger partial charge is 0.381 e. The Bertz CT molecular complexity index is 472. The van der Waals surface area contributed by atoms with E-state index in [1.54, 1.807) is 0 Å². The van der Waals surface area contributed by atoms with Gasteiger partial charge in [-0.05, 0) is 32.9 Å². The number of thioether (sulfide) groups is 1. The van der Waals surface area contributed by atoms with E-state index in [0.29, 0.717) is 6.54 Å². The lowest BCUT2D eigenvalue weighted by molar-refractivity contribution is -0.123. The maximum atomic E-state index is 11.9.